The molecule has 1 aromatic heterocycles. The third kappa shape index (κ3) is 2.37. The molecular weight excluding hydrogens is 274 g/mol. The standard InChI is InChI=1S/C18H19N3O/c1-13-9-10-17-16(11-13)19-18(20(17)3)14(2)21(12-22)15-7-5-4-6-8-15/h4-12,14H,1-3H3. The van der Waals surface area contributed by atoms with E-state index in [1.165, 1.54) is 5.56 Å². The summed E-state index contributed by atoms with van der Waals surface area (Å²) < 4.78 is 2.05. The van der Waals surface area contributed by atoms with Crippen LogP contribution in [0, 0.1) is 6.92 Å². The lowest BCUT2D eigenvalue weighted by Gasteiger charge is -2.24. The van der Waals surface area contributed by atoms with Crippen LogP contribution in [0.25, 0.3) is 11.0 Å². The maximum Gasteiger partial charge on any atom is 0.214 e. The predicted molar refractivity (Wildman–Crippen MR) is 88.9 cm³/mol. The number of aryl methyl sites for hydroxylation is 2. The van der Waals surface area contributed by atoms with Crippen molar-refractivity contribution < 1.29 is 4.79 Å². The number of imidazole rings is 1. The molecule has 1 atom stereocenters. The molecule has 0 N–H and O–H groups in total. The minimum atomic E-state index is -0.141. The molecule has 1 unspecified atom stereocenters. The van der Waals surface area contributed by atoms with Gasteiger partial charge < -0.3 is 9.47 Å². The van der Waals surface area contributed by atoms with Crippen molar-refractivity contribution >= 4 is 23.1 Å². The number of amides is 1. The molecule has 1 heterocycles. The van der Waals surface area contributed by atoms with E-state index in [0.29, 0.717) is 0 Å². The summed E-state index contributed by atoms with van der Waals surface area (Å²) in [6.45, 7) is 4.05. The number of carbonyl (C=O) groups is 1. The number of rotatable bonds is 4. The van der Waals surface area contributed by atoms with Crippen molar-refractivity contribution in [2.24, 2.45) is 7.05 Å². The van der Waals surface area contributed by atoms with Gasteiger partial charge in [0.1, 0.15) is 5.82 Å². The van der Waals surface area contributed by atoms with Gasteiger partial charge in [-0.15, -0.1) is 0 Å². The van der Waals surface area contributed by atoms with Gasteiger partial charge in [-0.2, -0.15) is 0 Å². The number of fused-ring (bicyclic) bond motifs is 1. The molecule has 0 saturated carbocycles. The summed E-state index contributed by atoms with van der Waals surface area (Å²) in [5.74, 6) is 0.872. The Hall–Kier alpha value is -2.62. The Bertz CT molecular complexity index is 808. The lowest BCUT2D eigenvalue weighted by atomic mass is 10.2. The first-order valence-electron chi connectivity index (χ1n) is 7.33. The van der Waals surface area contributed by atoms with Gasteiger partial charge >= 0.3 is 0 Å². The van der Waals surface area contributed by atoms with Gasteiger partial charge in [-0.3, -0.25) is 4.79 Å². The van der Waals surface area contributed by atoms with Crippen molar-refractivity contribution in [2.75, 3.05) is 4.90 Å². The maximum absolute atomic E-state index is 11.6. The van der Waals surface area contributed by atoms with Crippen LogP contribution < -0.4 is 4.90 Å². The van der Waals surface area contributed by atoms with Crippen molar-refractivity contribution in [1.82, 2.24) is 9.55 Å². The molecule has 0 bridgehead atoms. The molecule has 0 aliphatic carbocycles. The molecule has 2 aromatic carbocycles. The van der Waals surface area contributed by atoms with Gasteiger partial charge in [0.25, 0.3) is 0 Å². The molecule has 0 radical (unpaired) electrons. The minimum Gasteiger partial charge on any atom is -0.329 e. The fourth-order valence-corrected chi connectivity index (χ4v) is 2.80. The molecule has 0 aliphatic heterocycles. The van der Waals surface area contributed by atoms with E-state index >= 15 is 0 Å². The molecule has 4 nitrogen and oxygen atoms in total. The van der Waals surface area contributed by atoms with Crippen LogP contribution in [0.1, 0.15) is 24.4 Å². The highest BCUT2D eigenvalue weighted by Crippen LogP contribution is 2.27. The Morgan fingerprint density at radius 1 is 1.18 bits per heavy atom. The first-order chi connectivity index (χ1) is 10.6. The van der Waals surface area contributed by atoms with Crippen LogP contribution in [0.15, 0.2) is 48.5 Å². The average molecular weight is 293 g/mol. The topological polar surface area (TPSA) is 38.1 Å². The number of benzene rings is 2. The normalized spacial score (nSPS) is 12.3. The first kappa shape index (κ1) is 14.3. The highest BCUT2D eigenvalue weighted by Gasteiger charge is 2.21. The van der Waals surface area contributed by atoms with Crippen molar-refractivity contribution in [3.05, 3.63) is 59.9 Å². The second-order valence-electron chi connectivity index (χ2n) is 5.55. The van der Waals surface area contributed by atoms with Crippen molar-refractivity contribution in [1.29, 1.82) is 0 Å². The lowest BCUT2D eigenvalue weighted by molar-refractivity contribution is -0.107. The molecule has 0 aliphatic rings. The summed E-state index contributed by atoms with van der Waals surface area (Å²) >= 11 is 0. The van der Waals surface area contributed by atoms with Gasteiger partial charge in [-0.25, -0.2) is 4.98 Å². The van der Waals surface area contributed by atoms with Crippen LogP contribution in [0.2, 0.25) is 0 Å². The zero-order chi connectivity index (χ0) is 15.7. The number of hydrogen-bond donors (Lipinski definition) is 0. The van der Waals surface area contributed by atoms with Crippen LogP contribution in [0.4, 0.5) is 5.69 Å². The highest BCUT2D eigenvalue weighted by molar-refractivity contribution is 5.79. The Morgan fingerprint density at radius 2 is 1.91 bits per heavy atom. The Balaban J connectivity index is 2.06. The van der Waals surface area contributed by atoms with Crippen LogP contribution >= 0.6 is 0 Å². The lowest BCUT2D eigenvalue weighted by Crippen LogP contribution is -2.27. The molecular formula is C18H19N3O. The molecule has 0 saturated heterocycles. The smallest absolute Gasteiger partial charge is 0.214 e. The second-order valence-corrected chi connectivity index (χ2v) is 5.55. The van der Waals surface area contributed by atoms with Crippen LogP contribution in [-0.2, 0) is 11.8 Å². The number of nitrogens with zero attached hydrogens (tertiary/aromatic N) is 3. The molecule has 0 fully saturated rings. The number of aromatic nitrogens is 2. The zero-order valence-corrected chi connectivity index (χ0v) is 13.0. The summed E-state index contributed by atoms with van der Waals surface area (Å²) in [6.07, 6.45) is 0.866. The fraction of sp³-hybridized carbons (Fsp3) is 0.222. The minimum absolute atomic E-state index is 0.141. The molecule has 3 rings (SSSR count). The molecule has 3 aromatic rings. The number of hydrogen-bond acceptors (Lipinski definition) is 2. The summed E-state index contributed by atoms with van der Waals surface area (Å²) in [5.41, 5.74) is 4.09. The van der Waals surface area contributed by atoms with E-state index in [0.717, 1.165) is 29.0 Å². The SMILES string of the molecule is Cc1ccc2c(c1)nc(C(C)N(C=O)c1ccccc1)n2C. The first-order valence-corrected chi connectivity index (χ1v) is 7.33. The number of carbonyl (C=O) groups excluding carboxylic acids is 1. The van der Waals surface area contributed by atoms with Crippen molar-refractivity contribution in [2.45, 2.75) is 19.9 Å². The summed E-state index contributed by atoms with van der Waals surface area (Å²) in [4.78, 5) is 18.0. The zero-order valence-electron chi connectivity index (χ0n) is 13.0. The van der Waals surface area contributed by atoms with E-state index in [1.807, 2.05) is 44.3 Å². The van der Waals surface area contributed by atoms with Crippen LogP contribution in [-0.4, -0.2) is 16.0 Å². The molecule has 112 valence electrons. The van der Waals surface area contributed by atoms with E-state index in [2.05, 4.69) is 29.7 Å². The quantitative estimate of drug-likeness (QED) is 0.689. The average Bonchev–Trinajstić information content (AvgIpc) is 2.85. The largest absolute Gasteiger partial charge is 0.329 e. The molecule has 1 amide bonds. The van der Waals surface area contributed by atoms with E-state index in [9.17, 15) is 4.79 Å². The van der Waals surface area contributed by atoms with E-state index in [4.69, 9.17) is 4.98 Å². The second kappa shape index (κ2) is 5.64. The molecule has 22 heavy (non-hydrogen) atoms. The third-order valence-corrected chi connectivity index (χ3v) is 4.03. The van der Waals surface area contributed by atoms with Crippen molar-refractivity contribution in [3.8, 4) is 0 Å². The predicted octanol–water partition coefficient (Wildman–Crippen LogP) is 3.61. The number of para-hydroxylation sites is 1. The monoisotopic (exact) mass is 293 g/mol. The Labute approximate surface area is 130 Å². The van der Waals surface area contributed by atoms with E-state index in [-0.39, 0.29) is 6.04 Å². The van der Waals surface area contributed by atoms with Gasteiger partial charge in [0.15, 0.2) is 0 Å². The van der Waals surface area contributed by atoms with Gasteiger partial charge in [0, 0.05) is 12.7 Å². The summed E-state index contributed by atoms with van der Waals surface area (Å²) in [5, 5.41) is 0. The van der Waals surface area contributed by atoms with E-state index in [1.54, 1.807) is 4.90 Å². The highest BCUT2D eigenvalue weighted by atomic mass is 16.1. The maximum atomic E-state index is 11.6. The Kier molecular flexibility index (Phi) is 3.67. The fourth-order valence-electron chi connectivity index (χ4n) is 2.80. The van der Waals surface area contributed by atoms with Crippen LogP contribution in [0.3, 0.4) is 0 Å². The molecule has 0 spiro atoms. The molecule has 4 heteroatoms. The Morgan fingerprint density at radius 3 is 2.59 bits per heavy atom. The van der Waals surface area contributed by atoms with Gasteiger partial charge in [-0.05, 0) is 43.7 Å². The summed E-state index contributed by atoms with van der Waals surface area (Å²) in [6, 6.07) is 15.7. The van der Waals surface area contributed by atoms with Gasteiger partial charge in [0.2, 0.25) is 6.41 Å². The summed E-state index contributed by atoms with van der Waals surface area (Å²) in [7, 11) is 1.99. The van der Waals surface area contributed by atoms with E-state index < -0.39 is 0 Å². The number of anilines is 1. The van der Waals surface area contributed by atoms with Crippen LogP contribution in [0.5, 0.6) is 0 Å². The van der Waals surface area contributed by atoms with Crippen molar-refractivity contribution in [3.63, 3.8) is 0 Å². The van der Waals surface area contributed by atoms with Gasteiger partial charge in [0.05, 0.1) is 17.1 Å². The third-order valence-electron chi connectivity index (χ3n) is 4.03. The van der Waals surface area contributed by atoms with Gasteiger partial charge in [-0.1, -0.05) is 24.3 Å².